The van der Waals surface area contributed by atoms with E-state index < -0.39 is 0 Å². The quantitative estimate of drug-likeness (QED) is 0.474. The Kier molecular flexibility index (Phi) is 2.17. The molecule has 1 heterocycles. The summed E-state index contributed by atoms with van der Waals surface area (Å²) in [4.78, 5) is 0. The second-order valence-electron chi connectivity index (χ2n) is 1.72. The van der Waals surface area contributed by atoms with Crippen molar-refractivity contribution in [1.82, 2.24) is 5.32 Å². The minimum Gasteiger partial charge on any atom is -0.380 e. The van der Waals surface area contributed by atoms with E-state index in [2.05, 4.69) is 5.32 Å². The molecular formula is C5H13NO. The Morgan fingerprint density at radius 3 is 3.29 bits per heavy atom. The molecule has 0 bridgehead atoms. The van der Waals surface area contributed by atoms with Crippen molar-refractivity contribution in [2.75, 3.05) is 26.3 Å². The summed E-state index contributed by atoms with van der Waals surface area (Å²) >= 11 is 0. The molecule has 0 atom stereocenters. The van der Waals surface area contributed by atoms with Crippen molar-refractivity contribution in [2.45, 2.75) is 6.42 Å². The summed E-state index contributed by atoms with van der Waals surface area (Å²) < 4.78 is 5.13. The van der Waals surface area contributed by atoms with Gasteiger partial charge in [-0.05, 0) is 13.0 Å². The van der Waals surface area contributed by atoms with Crippen LogP contribution in [0.25, 0.3) is 0 Å². The molecule has 7 heavy (non-hydrogen) atoms. The van der Waals surface area contributed by atoms with Crippen LogP contribution in [0.3, 0.4) is 0 Å². The van der Waals surface area contributed by atoms with Crippen molar-refractivity contribution >= 4 is 0 Å². The fraction of sp³-hybridized carbons (Fsp3) is 1.00. The number of hydrogen-bond donors (Lipinski definition) is 1. The summed E-state index contributed by atoms with van der Waals surface area (Å²) in [5.41, 5.74) is 0. The minimum atomic E-state index is 0. The fourth-order valence-electron chi connectivity index (χ4n) is 0.671. The first-order valence-corrected chi connectivity index (χ1v) is 2.78. The van der Waals surface area contributed by atoms with Gasteiger partial charge in [0.15, 0.2) is 0 Å². The van der Waals surface area contributed by atoms with E-state index in [0.29, 0.717) is 0 Å². The molecule has 1 N–H and O–H groups in total. The van der Waals surface area contributed by atoms with Gasteiger partial charge in [-0.3, -0.25) is 0 Å². The van der Waals surface area contributed by atoms with Gasteiger partial charge in [-0.15, -0.1) is 0 Å². The normalized spacial score (nSPS) is 24.0. The van der Waals surface area contributed by atoms with Gasteiger partial charge >= 0.3 is 0 Å². The molecule has 0 amide bonds. The van der Waals surface area contributed by atoms with Crippen molar-refractivity contribution in [3.63, 3.8) is 0 Å². The van der Waals surface area contributed by atoms with Gasteiger partial charge in [-0.25, -0.2) is 0 Å². The SMILES string of the molecule is C1CNCCOC1.[HH]. The third kappa shape index (κ3) is 1.90. The predicted octanol–water partition coefficient (Wildman–Crippen LogP) is 0.242. The Hall–Kier alpha value is -0.0800. The lowest BCUT2D eigenvalue weighted by Crippen LogP contribution is -2.15. The monoisotopic (exact) mass is 103 g/mol. The van der Waals surface area contributed by atoms with Crippen molar-refractivity contribution in [1.29, 1.82) is 0 Å². The number of rotatable bonds is 0. The second-order valence-corrected chi connectivity index (χ2v) is 1.72. The average molecular weight is 103 g/mol. The highest BCUT2D eigenvalue weighted by Gasteiger charge is 1.93. The predicted molar refractivity (Wildman–Crippen MR) is 30.4 cm³/mol. The van der Waals surface area contributed by atoms with Gasteiger partial charge < -0.3 is 10.1 Å². The highest BCUT2D eigenvalue weighted by atomic mass is 16.5. The first-order valence-electron chi connectivity index (χ1n) is 2.78. The molecule has 1 aliphatic rings. The Labute approximate surface area is 45.3 Å². The molecule has 1 rings (SSSR count). The molecule has 44 valence electrons. The molecule has 0 aromatic rings. The zero-order valence-corrected chi connectivity index (χ0v) is 4.44. The van der Waals surface area contributed by atoms with Gasteiger partial charge in [-0.2, -0.15) is 0 Å². The fourth-order valence-corrected chi connectivity index (χ4v) is 0.671. The van der Waals surface area contributed by atoms with Crippen LogP contribution in [0.15, 0.2) is 0 Å². The topological polar surface area (TPSA) is 21.3 Å². The van der Waals surface area contributed by atoms with Gasteiger partial charge in [0, 0.05) is 14.6 Å². The molecule has 0 aromatic carbocycles. The summed E-state index contributed by atoms with van der Waals surface area (Å²) in [7, 11) is 0. The van der Waals surface area contributed by atoms with Crippen LogP contribution in [0.1, 0.15) is 7.85 Å². The smallest absolute Gasteiger partial charge is 0.0590 e. The van der Waals surface area contributed by atoms with Gasteiger partial charge in [0.1, 0.15) is 0 Å². The lowest BCUT2D eigenvalue weighted by molar-refractivity contribution is 0.151. The lowest BCUT2D eigenvalue weighted by Gasteiger charge is -1.91. The van der Waals surface area contributed by atoms with Crippen LogP contribution in [0, 0.1) is 0 Å². The van der Waals surface area contributed by atoms with E-state index in [4.69, 9.17) is 4.74 Å². The summed E-state index contributed by atoms with van der Waals surface area (Å²) in [5, 5.41) is 3.22. The molecule has 0 aliphatic carbocycles. The molecule has 0 saturated carbocycles. The van der Waals surface area contributed by atoms with E-state index in [1.54, 1.807) is 0 Å². The molecule has 0 spiro atoms. The molecule has 1 fully saturated rings. The third-order valence-electron chi connectivity index (χ3n) is 1.07. The van der Waals surface area contributed by atoms with E-state index in [-0.39, 0.29) is 1.43 Å². The maximum atomic E-state index is 5.13. The zero-order valence-electron chi connectivity index (χ0n) is 4.44. The average Bonchev–Trinajstić information content (AvgIpc) is 1.90. The zero-order chi connectivity index (χ0) is 4.95. The van der Waals surface area contributed by atoms with Crippen LogP contribution in [0.4, 0.5) is 0 Å². The van der Waals surface area contributed by atoms with Crippen LogP contribution >= 0.6 is 0 Å². The molecule has 1 aliphatic heterocycles. The van der Waals surface area contributed by atoms with Crippen molar-refractivity contribution in [2.24, 2.45) is 0 Å². The number of nitrogens with one attached hydrogen (secondary N) is 1. The Morgan fingerprint density at radius 2 is 2.29 bits per heavy atom. The minimum absolute atomic E-state index is 0. The highest BCUT2D eigenvalue weighted by molar-refractivity contribution is 4.50. The lowest BCUT2D eigenvalue weighted by atomic mass is 10.5. The maximum absolute atomic E-state index is 5.13. The van der Waals surface area contributed by atoms with Crippen LogP contribution in [0.5, 0.6) is 0 Å². The van der Waals surface area contributed by atoms with E-state index in [9.17, 15) is 0 Å². The van der Waals surface area contributed by atoms with Crippen molar-refractivity contribution in [3.8, 4) is 0 Å². The van der Waals surface area contributed by atoms with E-state index in [1.165, 1.54) is 6.42 Å². The van der Waals surface area contributed by atoms with Crippen molar-refractivity contribution < 1.29 is 6.16 Å². The number of hydrogen-bond acceptors (Lipinski definition) is 2. The summed E-state index contributed by atoms with van der Waals surface area (Å²) in [6.45, 7) is 3.98. The molecule has 2 heteroatoms. The summed E-state index contributed by atoms with van der Waals surface area (Å²) in [6.07, 6.45) is 1.17. The molecule has 0 unspecified atom stereocenters. The molecular weight excluding hydrogens is 90.1 g/mol. The van der Waals surface area contributed by atoms with Crippen LogP contribution in [-0.2, 0) is 4.74 Å². The maximum Gasteiger partial charge on any atom is 0.0590 e. The molecule has 0 aromatic heterocycles. The standard InChI is InChI=1S/C5H11NO.H2/c1-2-6-3-5-7-4-1;/h6H,1-5H2;1H. The molecule has 2 nitrogen and oxygen atoms in total. The van der Waals surface area contributed by atoms with Crippen LogP contribution in [0.2, 0.25) is 0 Å². The van der Waals surface area contributed by atoms with E-state index in [1.807, 2.05) is 0 Å². The van der Waals surface area contributed by atoms with E-state index >= 15 is 0 Å². The Bertz CT molecular complexity index is 32.0. The van der Waals surface area contributed by atoms with Gasteiger partial charge in [0.05, 0.1) is 6.61 Å². The number of ether oxygens (including phenoxy) is 1. The molecule has 1 saturated heterocycles. The Balaban J connectivity index is 0.000000490. The van der Waals surface area contributed by atoms with Gasteiger partial charge in [0.25, 0.3) is 0 Å². The Morgan fingerprint density at radius 1 is 1.29 bits per heavy atom. The summed E-state index contributed by atoms with van der Waals surface area (Å²) in [5.74, 6) is 0. The van der Waals surface area contributed by atoms with Gasteiger partial charge in [-0.1, -0.05) is 0 Å². The van der Waals surface area contributed by atoms with Crippen LogP contribution < -0.4 is 5.32 Å². The first-order chi connectivity index (χ1) is 3.50. The summed E-state index contributed by atoms with van der Waals surface area (Å²) in [6, 6.07) is 0. The van der Waals surface area contributed by atoms with Crippen molar-refractivity contribution in [3.05, 3.63) is 0 Å². The highest BCUT2D eigenvalue weighted by Crippen LogP contribution is 1.83. The largest absolute Gasteiger partial charge is 0.380 e. The third-order valence-corrected chi connectivity index (χ3v) is 1.07. The first kappa shape index (κ1) is 5.06. The van der Waals surface area contributed by atoms with Crippen LogP contribution in [-0.4, -0.2) is 26.3 Å². The van der Waals surface area contributed by atoms with E-state index in [0.717, 1.165) is 26.3 Å². The van der Waals surface area contributed by atoms with Gasteiger partial charge in [0.2, 0.25) is 0 Å². The second kappa shape index (κ2) is 2.99. The molecule has 0 radical (unpaired) electrons.